The molecule has 1 unspecified atom stereocenters. The van der Waals surface area contributed by atoms with Crippen LogP contribution in [0.5, 0.6) is 0 Å². The highest BCUT2D eigenvalue weighted by Crippen LogP contribution is 2.37. The van der Waals surface area contributed by atoms with E-state index in [2.05, 4.69) is 36.1 Å². The lowest BCUT2D eigenvalue weighted by Gasteiger charge is -2.27. The van der Waals surface area contributed by atoms with Crippen LogP contribution in [0, 0.1) is 5.41 Å². The molecule has 1 atom stereocenters. The highest BCUT2D eigenvalue weighted by Gasteiger charge is 2.33. The Morgan fingerprint density at radius 2 is 2.00 bits per heavy atom. The molecule has 0 spiro atoms. The second-order valence-electron chi connectivity index (χ2n) is 7.39. The van der Waals surface area contributed by atoms with Crippen molar-refractivity contribution in [2.75, 3.05) is 0 Å². The lowest BCUT2D eigenvalue weighted by atomic mass is 9.87. The van der Waals surface area contributed by atoms with E-state index < -0.39 is 0 Å². The summed E-state index contributed by atoms with van der Waals surface area (Å²) >= 11 is 0. The van der Waals surface area contributed by atoms with Gasteiger partial charge in [-0.1, -0.05) is 39.5 Å². The molecule has 0 aliphatic heterocycles. The van der Waals surface area contributed by atoms with Gasteiger partial charge >= 0.3 is 0 Å². The summed E-state index contributed by atoms with van der Waals surface area (Å²) in [7, 11) is 0. The highest BCUT2D eigenvalue weighted by atomic mass is 15.3. The van der Waals surface area contributed by atoms with Gasteiger partial charge in [-0.3, -0.25) is 4.68 Å². The summed E-state index contributed by atoms with van der Waals surface area (Å²) in [5.74, 6) is 0. The SMILES string of the molecule is CC1(C)CCCC1NCc1ccn(C2CCCCC2)n1. The average Bonchev–Trinajstić information content (AvgIpc) is 3.04. The van der Waals surface area contributed by atoms with Crippen molar-refractivity contribution >= 4 is 0 Å². The van der Waals surface area contributed by atoms with E-state index in [1.165, 1.54) is 57.1 Å². The number of aromatic nitrogens is 2. The van der Waals surface area contributed by atoms with Crippen molar-refractivity contribution in [2.24, 2.45) is 5.41 Å². The summed E-state index contributed by atoms with van der Waals surface area (Å²) in [5.41, 5.74) is 1.66. The van der Waals surface area contributed by atoms with E-state index in [4.69, 9.17) is 5.10 Å². The van der Waals surface area contributed by atoms with Gasteiger partial charge in [0.05, 0.1) is 11.7 Å². The van der Waals surface area contributed by atoms with Crippen LogP contribution < -0.4 is 5.32 Å². The molecule has 1 aromatic heterocycles. The molecule has 3 heteroatoms. The minimum Gasteiger partial charge on any atom is -0.308 e. The van der Waals surface area contributed by atoms with Gasteiger partial charge in [0, 0.05) is 18.8 Å². The Hall–Kier alpha value is -0.830. The van der Waals surface area contributed by atoms with Gasteiger partial charge in [-0.05, 0) is 37.2 Å². The van der Waals surface area contributed by atoms with Gasteiger partial charge in [-0.2, -0.15) is 5.10 Å². The molecule has 1 heterocycles. The van der Waals surface area contributed by atoms with E-state index in [0.717, 1.165) is 6.54 Å². The minimum absolute atomic E-state index is 0.450. The molecule has 3 nitrogen and oxygen atoms in total. The largest absolute Gasteiger partial charge is 0.308 e. The third-order valence-corrected chi connectivity index (χ3v) is 5.40. The Bertz CT molecular complexity index is 429. The number of hydrogen-bond acceptors (Lipinski definition) is 2. The first kappa shape index (κ1) is 14.1. The lowest BCUT2D eigenvalue weighted by molar-refractivity contribution is 0.280. The first-order valence-electron chi connectivity index (χ1n) is 8.42. The van der Waals surface area contributed by atoms with E-state index >= 15 is 0 Å². The second kappa shape index (κ2) is 5.88. The van der Waals surface area contributed by atoms with Crippen LogP contribution in [-0.4, -0.2) is 15.8 Å². The minimum atomic E-state index is 0.450. The Labute approximate surface area is 123 Å². The first-order chi connectivity index (χ1) is 9.65. The Morgan fingerprint density at radius 1 is 1.20 bits per heavy atom. The topological polar surface area (TPSA) is 29.9 Å². The second-order valence-corrected chi connectivity index (χ2v) is 7.39. The predicted octanol–water partition coefficient (Wildman–Crippen LogP) is 4.06. The highest BCUT2D eigenvalue weighted by molar-refractivity contribution is 5.01. The quantitative estimate of drug-likeness (QED) is 0.898. The van der Waals surface area contributed by atoms with Crippen LogP contribution in [-0.2, 0) is 6.54 Å². The standard InChI is InChI=1S/C17H29N3/c1-17(2)11-6-9-16(17)18-13-14-10-12-20(19-14)15-7-4-3-5-8-15/h10,12,15-16,18H,3-9,11,13H2,1-2H3. The van der Waals surface area contributed by atoms with E-state index in [1.807, 2.05) is 0 Å². The molecule has 2 fully saturated rings. The predicted molar refractivity (Wildman–Crippen MR) is 82.6 cm³/mol. The van der Waals surface area contributed by atoms with E-state index in [1.54, 1.807) is 0 Å². The number of nitrogens with one attached hydrogen (secondary N) is 1. The van der Waals surface area contributed by atoms with E-state index in [0.29, 0.717) is 17.5 Å². The molecule has 2 aliphatic rings. The van der Waals surface area contributed by atoms with Crippen molar-refractivity contribution in [1.82, 2.24) is 15.1 Å². The van der Waals surface area contributed by atoms with Gasteiger partial charge in [0.1, 0.15) is 0 Å². The number of nitrogens with zero attached hydrogens (tertiary/aromatic N) is 2. The molecule has 0 saturated heterocycles. The maximum atomic E-state index is 4.80. The van der Waals surface area contributed by atoms with Gasteiger partial charge in [0.25, 0.3) is 0 Å². The fourth-order valence-electron chi connectivity index (χ4n) is 3.95. The van der Waals surface area contributed by atoms with Crippen molar-refractivity contribution in [3.63, 3.8) is 0 Å². The van der Waals surface area contributed by atoms with Crippen LogP contribution in [0.4, 0.5) is 0 Å². The van der Waals surface area contributed by atoms with Gasteiger partial charge in [0.15, 0.2) is 0 Å². The van der Waals surface area contributed by atoms with Crippen molar-refractivity contribution < 1.29 is 0 Å². The summed E-state index contributed by atoms with van der Waals surface area (Å²) in [6.45, 7) is 5.70. The van der Waals surface area contributed by atoms with Crippen LogP contribution >= 0.6 is 0 Å². The zero-order valence-electron chi connectivity index (χ0n) is 13.1. The molecule has 0 amide bonds. The van der Waals surface area contributed by atoms with Crippen LogP contribution in [0.1, 0.15) is 76.9 Å². The molecular formula is C17H29N3. The molecule has 2 saturated carbocycles. The van der Waals surface area contributed by atoms with Gasteiger partial charge in [-0.25, -0.2) is 0 Å². The van der Waals surface area contributed by atoms with Crippen molar-refractivity contribution in [2.45, 2.75) is 83.8 Å². The van der Waals surface area contributed by atoms with Crippen LogP contribution in [0.15, 0.2) is 12.3 Å². The molecule has 112 valence electrons. The summed E-state index contributed by atoms with van der Waals surface area (Å²) in [6.07, 6.45) is 13.0. The summed E-state index contributed by atoms with van der Waals surface area (Å²) < 4.78 is 2.22. The molecule has 3 rings (SSSR count). The Morgan fingerprint density at radius 3 is 2.70 bits per heavy atom. The Balaban J connectivity index is 1.54. The zero-order valence-corrected chi connectivity index (χ0v) is 13.1. The van der Waals surface area contributed by atoms with Gasteiger partial charge in [0.2, 0.25) is 0 Å². The molecule has 2 aliphatic carbocycles. The molecular weight excluding hydrogens is 246 g/mol. The fourth-order valence-corrected chi connectivity index (χ4v) is 3.95. The monoisotopic (exact) mass is 275 g/mol. The van der Waals surface area contributed by atoms with E-state index in [-0.39, 0.29) is 0 Å². The van der Waals surface area contributed by atoms with Crippen molar-refractivity contribution in [3.05, 3.63) is 18.0 Å². The number of rotatable bonds is 4. The molecule has 0 bridgehead atoms. The van der Waals surface area contributed by atoms with Crippen molar-refractivity contribution in [3.8, 4) is 0 Å². The van der Waals surface area contributed by atoms with E-state index in [9.17, 15) is 0 Å². The Kier molecular flexibility index (Phi) is 4.16. The smallest absolute Gasteiger partial charge is 0.0762 e. The third-order valence-electron chi connectivity index (χ3n) is 5.40. The summed E-state index contributed by atoms with van der Waals surface area (Å²) in [6, 6.07) is 3.51. The normalized spacial score (nSPS) is 27.0. The first-order valence-corrected chi connectivity index (χ1v) is 8.42. The molecule has 0 radical (unpaired) electrons. The maximum Gasteiger partial charge on any atom is 0.0762 e. The number of hydrogen-bond donors (Lipinski definition) is 1. The maximum absolute atomic E-state index is 4.80. The zero-order chi connectivity index (χ0) is 14.0. The molecule has 1 aromatic rings. The third kappa shape index (κ3) is 3.08. The average molecular weight is 275 g/mol. The van der Waals surface area contributed by atoms with Crippen LogP contribution in [0.3, 0.4) is 0 Å². The van der Waals surface area contributed by atoms with Gasteiger partial charge < -0.3 is 5.32 Å². The summed E-state index contributed by atoms with van der Waals surface area (Å²) in [4.78, 5) is 0. The van der Waals surface area contributed by atoms with Crippen molar-refractivity contribution in [1.29, 1.82) is 0 Å². The van der Waals surface area contributed by atoms with Crippen LogP contribution in [0.2, 0.25) is 0 Å². The molecule has 20 heavy (non-hydrogen) atoms. The molecule has 0 aromatic carbocycles. The summed E-state index contributed by atoms with van der Waals surface area (Å²) in [5, 5.41) is 8.53. The molecule has 1 N–H and O–H groups in total. The van der Waals surface area contributed by atoms with Crippen LogP contribution in [0.25, 0.3) is 0 Å². The lowest BCUT2D eigenvalue weighted by Crippen LogP contribution is -2.37. The fraction of sp³-hybridized carbons (Fsp3) is 0.824. The van der Waals surface area contributed by atoms with Gasteiger partial charge in [-0.15, -0.1) is 0 Å².